The van der Waals surface area contributed by atoms with Crippen LogP contribution in [0.2, 0.25) is 0 Å². The van der Waals surface area contributed by atoms with Crippen molar-refractivity contribution in [3.8, 4) is 11.8 Å². The third-order valence-corrected chi connectivity index (χ3v) is 3.01. The van der Waals surface area contributed by atoms with Crippen LogP contribution in [0.5, 0.6) is 0 Å². The van der Waals surface area contributed by atoms with Crippen molar-refractivity contribution in [3.63, 3.8) is 0 Å². The number of ether oxygens (including phenoxy) is 1. The molecule has 0 spiro atoms. The zero-order valence-electron chi connectivity index (χ0n) is 11.9. The first-order valence-electron chi connectivity index (χ1n) is 6.89. The summed E-state index contributed by atoms with van der Waals surface area (Å²) in [7, 11) is 0. The summed E-state index contributed by atoms with van der Waals surface area (Å²) >= 11 is 0. The van der Waals surface area contributed by atoms with Gasteiger partial charge in [-0.2, -0.15) is 9.89 Å². The third-order valence-electron chi connectivity index (χ3n) is 3.01. The summed E-state index contributed by atoms with van der Waals surface area (Å²) in [6.07, 6.45) is 4.51. The Balaban J connectivity index is 1.73. The zero-order valence-corrected chi connectivity index (χ0v) is 11.9. The van der Waals surface area contributed by atoms with Crippen molar-refractivity contribution in [2.45, 2.75) is 20.0 Å². The lowest BCUT2D eigenvalue weighted by molar-refractivity contribution is 0.149. The molecule has 3 aromatic rings. The Kier molecular flexibility index (Phi) is 3.99. The van der Waals surface area contributed by atoms with E-state index in [1.807, 2.05) is 48.1 Å². The number of nitrogens with zero attached hydrogens (tertiary/aromatic N) is 4. The van der Waals surface area contributed by atoms with Gasteiger partial charge in [-0.25, -0.2) is 9.66 Å². The first kappa shape index (κ1) is 13.4. The highest BCUT2D eigenvalue weighted by atomic mass is 16.5. The number of imidazole rings is 1. The van der Waals surface area contributed by atoms with E-state index >= 15 is 0 Å². The average Bonchev–Trinajstić information content (AvgIpc) is 3.13. The molecular weight excluding hydrogens is 264 g/mol. The smallest absolute Gasteiger partial charge is 0.118 e. The lowest BCUT2D eigenvalue weighted by Crippen LogP contribution is -2.09. The van der Waals surface area contributed by atoms with Gasteiger partial charge in [-0.1, -0.05) is 25.0 Å². The number of rotatable bonds is 4. The third kappa shape index (κ3) is 2.96. The predicted molar refractivity (Wildman–Crippen MR) is 80.5 cm³/mol. The van der Waals surface area contributed by atoms with Crippen LogP contribution >= 0.6 is 0 Å². The molecule has 0 bridgehead atoms. The summed E-state index contributed by atoms with van der Waals surface area (Å²) in [6, 6.07) is 9.88. The highest BCUT2D eigenvalue weighted by Crippen LogP contribution is 2.12. The fraction of sp³-hybridized carbons (Fsp3) is 0.250. The van der Waals surface area contributed by atoms with E-state index in [0.717, 1.165) is 23.1 Å². The second-order valence-corrected chi connectivity index (χ2v) is 4.51. The maximum absolute atomic E-state index is 5.47. The first-order chi connectivity index (χ1) is 10.4. The van der Waals surface area contributed by atoms with Gasteiger partial charge in [0.15, 0.2) is 0 Å². The summed E-state index contributed by atoms with van der Waals surface area (Å²) in [6.45, 7) is 2.91. The van der Waals surface area contributed by atoms with E-state index in [1.165, 1.54) is 0 Å². The minimum atomic E-state index is 0.439. The average molecular weight is 280 g/mol. The molecule has 0 saturated carbocycles. The minimum Gasteiger partial charge on any atom is -0.362 e. The van der Waals surface area contributed by atoms with Gasteiger partial charge in [0.25, 0.3) is 0 Å². The fourth-order valence-electron chi connectivity index (χ4n) is 2.04. The van der Waals surface area contributed by atoms with Crippen LogP contribution in [0, 0.1) is 11.8 Å². The minimum absolute atomic E-state index is 0.439. The summed E-state index contributed by atoms with van der Waals surface area (Å²) in [5, 5.41) is 4.49. The summed E-state index contributed by atoms with van der Waals surface area (Å²) < 4.78 is 7.36. The van der Waals surface area contributed by atoms with Crippen molar-refractivity contribution in [1.29, 1.82) is 0 Å². The van der Waals surface area contributed by atoms with E-state index in [4.69, 9.17) is 4.74 Å². The lowest BCUT2D eigenvalue weighted by Gasteiger charge is -2.03. The van der Waals surface area contributed by atoms with Crippen LogP contribution in [0.15, 0.2) is 42.9 Å². The maximum Gasteiger partial charge on any atom is 0.118 e. The largest absolute Gasteiger partial charge is 0.362 e. The standard InChI is InChI=1S/C16H16N4O/c1-2-3-6-11-21-12-14-9-10-20(18-14)19-13-17-15-7-4-5-8-16(15)19/h4-5,7-10,13H,2,11-12H2,1H3. The quantitative estimate of drug-likeness (QED) is 0.545. The zero-order chi connectivity index (χ0) is 14.5. The molecule has 0 amide bonds. The second kappa shape index (κ2) is 6.25. The van der Waals surface area contributed by atoms with Gasteiger partial charge in [0.05, 0.1) is 23.3 Å². The Hall–Kier alpha value is -2.58. The number of para-hydroxylation sites is 2. The molecule has 0 N–H and O–H groups in total. The summed E-state index contributed by atoms with van der Waals surface area (Å²) in [5.74, 6) is 5.91. The molecule has 2 heterocycles. The molecule has 2 aromatic heterocycles. The number of benzene rings is 1. The molecule has 1 aromatic carbocycles. The Morgan fingerprint density at radius 3 is 3.00 bits per heavy atom. The Labute approximate surface area is 123 Å². The van der Waals surface area contributed by atoms with Crippen LogP contribution < -0.4 is 0 Å². The topological polar surface area (TPSA) is 44.9 Å². The van der Waals surface area contributed by atoms with Crippen LogP contribution in [0.4, 0.5) is 0 Å². The molecule has 0 fully saturated rings. The molecule has 0 saturated heterocycles. The molecule has 5 heteroatoms. The molecule has 106 valence electrons. The Morgan fingerprint density at radius 1 is 1.19 bits per heavy atom. The number of hydrogen-bond acceptors (Lipinski definition) is 3. The van der Waals surface area contributed by atoms with E-state index in [0.29, 0.717) is 13.2 Å². The SMILES string of the molecule is CCC#CCOCc1ccn(-n2cnc3ccccc32)n1. The van der Waals surface area contributed by atoms with Gasteiger partial charge >= 0.3 is 0 Å². The lowest BCUT2D eigenvalue weighted by atomic mass is 10.3. The van der Waals surface area contributed by atoms with Crippen LogP contribution in [0.1, 0.15) is 19.0 Å². The van der Waals surface area contributed by atoms with E-state index in [-0.39, 0.29) is 0 Å². The fourth-order valence-corrected chi connectivity index (χ4v) is 2.04. The summed E-state index contributed by atoms with van der Waals surface area (Å²) in [4.78, 5) is 6.11. The van der Waals surface area contributed by atoms with E-state index < -0.39 is 0 Å². The Morgan fingerprint density at radius 2 is 2.10 bits per heavy atom. The molecule has 0 unspecified atom stereocenters. The number of fused-ring (bicyclic) bond motifs is 1. The molecule has 0 aliphatic heterocycles. The first-order valence-corrected chi connectivity index (χ1v) is 6.89. The van der Waals surface area contributed by atoms with Crippen molar-refractivity contribution < 1.29 is 4.74 Å². The van der Waals surface area contributed by atoms with Gasteiger partial charge in [0.1, 0.15) is 12.9 Å². The second-order valence-electron chi connectivity index (χ2n) is 4.51. The van der Waals surface area contributed by atoms with Crippen LogP contribution in [0.3, 0.4) is 0 Å². The molecule has 0 atom stereocenters. The van der Waals surface area contributed by atoms with Crippen molar-refractivity contribution in [2.24, 2.45) is 0 Å². The van der Waals surface area contributed by atoms with Crippen molar-refractivity contribution >= 4 is 11.0 Å². The monoisotopic (exact) mass is 280 g/mol. The number of aromatic nitrogens is 4. The highest BCUT2D eigenvalue weighted by molar-refractivity contribution is 5.74. The molecular formula is C16H16N4O. The van der Waals surface area contributed by atoms with Crippen LogP contribution in [-0.2, 0) is 11.3 Å². The van der Waals surface area contributed by atoms with Gasteiger partial charge in [0, 0.05) is 12.6 Å². The van der Waals surface area contributed by atoms with Gasteiger partial charge < -0.3 is 4.74 Å². The van der Waals surface area contributed by atoms with Gasteiger partial charge in [-0.3, -0.25) is 0 Å². The molecule has 21 heavy (non-hydrogen) atoms. The van der Waals surface area contributed by atoms with E-state index in [1.54, 1.807) is 11.1 Å². The maximum atomic E-state index is 5.47. The Bertz CT molecular complexity index is 791. The highest BCUT2D eigenvalue weighted by Gasteiger charge is 2.05. The van der Waals surface area contributed by atoms with Crippen molar-refractivity contribution in [2.75, 3.05) is 6.61 Å². The molecule has 0 aliphatic carbocycles. The number of hydrogen-bond donors (Lipinski definition) is 0. The molecule has 0 aliphatic rings. The molecule has 3 rings (SSSR count). The van der Waals surface area contributed by atoms with Gasteiger partial charge in [-0.15, -0.1) is 5.92 Å². The predicted octanol–water partition coefficient (Wildman–Crippen LogP) is 2.47. The normalized spacial score (nSPS) is 10.5. The van der Waals surface area contributed by atoms with Gasteiger partial charge in [-0.05, 0) is 18.2 Å². The van der Waals surface area contributed by atoms with Crippen LogP contribution in [-0.4, -0.2) is 26.2 Å². The molecule has 5 nitrogen and oxygen atoms in total. The van der Waals surface area contributed by atoms with Crippen LogP contribution in [0.25, 0.3) is 11.0 Å². The van der Waals surface area contributed by atoms with E-state index in [9.17, 15) is 0 Å². The van der Waals surface area contributed by atoms with Crippen molar-refractivity contribution in [1.82, 2.24) is 19.5 Å². The van der Waals surface area contributed by atoms with Gasteiger partial charge in [0.2, 0.25) is 0 Å². The summed E-state index contributed by atoms with van der Waals surface area (Å²) in [5.41, 5.74) is 2.83. The van der Waals surface area contributed by atoms with Crippen molar-refractivity contribution in [3.05, 3.63) is 48.5 Å². The van der Waals surface area contributed by atoms with E-state index in [2.05, 4.69) is 21.9 Å². The molecule has 0 radical (unpaired) electrons.